The van der Waals surface area contributed by atoms with E-state index in [4.69, 9.17) is 0 Å². The molecule has 3 rings (SSSR count). The van der Waals surface area contributed by atoms with E-state index in [9.17, 15) is 14.4 Å². The summed E-state index contributed by atoms with van der Waals surface area (Å²) in [5.74, 6) is -0.529. The Morgan fingerprint density at radius 3 is 2.48 bits per heavy atom. The van der Waals surface area contributed by atoms with Crippen molar-refractivity contribution >= 4 is 23.6 Å². The third kappa shape index (κ3) is 4.73. The summed E-state index contributed by atoms with van der Waals surface area (Å²) in [5, 5.41) is 2.59. The van der Waals surface area contributed by atoms with Crippen molar-refractivity contribution in [1.82, 2.24) is 9.47 Å². The highest BCUT2D eigenvalue weighted by Gasteiger charge is 2.20. The SMILES string of the molecule is Cn1cc(C(=O)N2CCCCC2)cc(NC(=O)/C=C\c2ccccc2)c1=O. The minimum atomic E-state index is -0.418. The Labute approximate surface area is 158 Å². The molecule has 6 nitrogen and oxygen atoms in total. The van der Waals surface area contributed by atoms with Gasteiger partial charge in [0.2, 0.25) is 5.91 Å². The van der Waals surface area contributed by atoms with Crippen LogP contribution in [0.15, 0.2) is 53.5 Å². The number of amides is 2. The van der Waals surface area contributed by atoms with Crippen LogP contribution in [0.2, 0.25) is 0 Å². The van der Waals surface area contributed by atoms with Crippen molar-refractivity contribution < 1.29 is 9.59 Å². The summed E-state index contributed by atoms with van der Waals surface area (Å²) in [7, 11) is 1.57. The van der Waals surface area contributed by atoms with E-state index in [1.54, 1.807) is 18.0 Å². The highest BCUT2D eigenvalue weighted by Crippen LogP contribution is 2.14. The van der Waals surface area contributed by atoms with Gasteiger partial charge in [0.05, 0.1) is 5.56 Å². The first-order valence-corrected chi connectivity index (χ1v) is 9.08. The van der Waals surface area contributed by atoms with E-state index >= 15 is 0 Å². The van der Waals surface area contributed by atoms with Crippen molar-refractivity contribution in [2.24, 2.45) is 7.05 Å². The average molecular weight is 365 g/mol. The average Bonchev–Trinajstić information content (AvgIpc) is 2.70. The number of anilines is 1. The van der Waals surface area contributed by atoms with Crippen molar-refractivity contribution in [3.8, 4) is 0 Å². The van der Waals surface area contributed by atoms with Gasteiger partial charge in [0.25, 0.3) is 11.5 Å². The van der Waals surface area contributed by atoms with Crippen LogP contribution >= 0.6 is 0 Å². The summed E-state index contributed by atoms with van der Waals surface area (Å²) in [6.07, 6.45) is 7.67. The molecule has 2 aromatic rings. The predicted molar refractivity (Wildman–Crippen MR) is 106 cm³/mol. The molecule has 1 saturated heterocycles. The number of nitrogens with zero attached hydrogens (tertiary/aromatic N) is 2. The molecule has 140 valence electrons. The van der Waals surface area contributed by atoms with Crippen LogP contribution < -0.4 is 10.9 Å². The third-order valence-corrected chi connectivity index (χ3v) is 4.56. The van der Waals surface area contributed by atoms with Crippen LogP contribution in [-0.2, 0) is 11.8 Å². The molecule has 2 heterocycles. The summed E-state index contributed by atoms with van der Waals surface area (Å²) in [5.41, 5.74) is 1.03. The van der Waals surface area contributed by atoms with Crippen LogP contribution in [0.1, 0.15) is 35.2 Å². The van der Waals surface area contributed by atoms with Crippen LogP contribution in [0.5, 0.6) is 0 Å². The molecule has 27 heavy (non-hydrogen) atoms. The predicted octanol–water partition coefficient (Wildman–Crippen LogP) is 2.66. The molecule has 1 fully saturated rings. The van der Waals surface area contributed by atoms with Gasteiger partial charge in [-0.15, -0.1) is 0 Å². The second-order valence-electron chi connectivity index (χ2n) is 6.64. The van der Waals surface area contributed by atoms with Gasteiger partial charge in [0.15, 0.2) is 0 Å². The largest absolute Gasteiger partial charge is 0.339 e. The normalized spacial score (nSPS) is 14.3. The van der Waals surface area contributed by atoms with Crippen LogP contribution in [0.3, 0.4) is 0 Å². The Hall–Kier alpha value is -3.15. The maximum absolute atomic E-state index is 12.7. The number of nitrogens with one attached hydrogen (secondary N) is 1. The smallest absolute Gasteiger partial charge is 0.274 e. The highest BCUT2D eigenvalue weighted by molar-refractivity contribution is 6.03. The van der Waals surface area contributed by atoms with Gasteiger partial charge in [-0.1, -0.05) is 30.3 Å². The van der Waals surface area contributed by atoms with E-state index in [-0.39, 0.29) is 17.2 Å². The summed E-state index contributed by atoms with van der Waals surface area (Å²) in [6, 6.07) is 10.9. The number of hydrogen-bond donors (Lipinski definition) is 1. The van der Waals surface area contributed by atoms with Gasteiger partial charge in [-0.05, 0) is 37.0 Å². The molecule has 0 spiro atoms. The minimum Gasteiger partial charge on any atom is -0.339 e. The van der Waals surface area contributed by atoms with Gasteiger partial charge in [0, 0.05) is 32.4 Å². The van der Waals surface area contributed by atoms with Gasteiger partial charge in [-0.2, -0.15) is 0 Å². The molecule has 6 heteroatoms. The number of hydrogen-bond acceptors (Lipinski definition) is 3. The molecule has 0 bridgehead atoms. The maximum Gasteiger partial charge on any atom is 0.274 e. The van der Waals surface area contributed by atoms with Crippen LogP contribution in [0.25, 0.3) is 6.08 Å². The molecule has 1 aromatic heterocycles. The number of aromatic nitrogens is 1. The monoisotopic (exact) mass is 365 g/mol. The summed E-state index contributed by atoms with van der Waals surface area (Å²) >= 11 is 0. The number of carbonyl (C=O) groups is 2. The van der Waals surface area contributed by atoms with Crippen LogP contribution in [0.4, 0.5) is 5.69 Å². The van der Waals surface area contributed by atoms with Gasteiger partial charge >= 0.3 is 0 Å². The molecule has 0 aliphatic carbocycles. The summed E-state index contributed by atoms with van der Waals surface area (Å²) in [4.78, 5) is 39.0. The van der Waals surface area contributed by atoms with Crippen molar-refractivity contribution in [3.63, 3.8) is 0 Å². The van der Waals surface area contributed by atoms with E-state index in [1.165, 1.54) is 22.9 Å². The molecule has 1 N–H and O–H groups in total. The van der Waals surface area contributed by atoms with Crippen molar-refractivity contribution in [3.05, 3.63) is 70.2 Å². The third-order valence-electron chi connectivity index (χ3n) is 4.56. The fourth-order valence-electron chi connectivity index (χ4n) is 3.11. The van der Waals surface area contributed by atoms with Crippen molar-refractivity contribution in [2.45, 2.75) is 19.3 Å². The molecule has 0 atom stereocenters. The second-order valence-corrected chi connectivity index (χ2v) is 6.64. The van der Waals surface area contributed by atoms with Gasteiger partial charge in [0.1, 0.15) is 5.69 Å². The molecule has 0 saturated carbocycles. The standard InChI is InChI=1S/C21H23N3O3/c1-23-15-17(20(26)24-12-6-3-7-13-24)14-18(21(23)27)22-19(25)11-10-16-8-4-2-5-9-16/h2,4-5,8-11,14-15H,3,6-7,12-13H2,1H3,(H,22,25)/b11-10-. The zero-order valence-corrected chi connectivity index (χ0v) is 15.4. The van der Waals surface area contributed by atoms with E-state index in [0.717, 1.165) is 37.9 Å². The number of benzene rings is 1. The van der Waals surface area contributed by atoms with E-state index in [0.29, 0.717) is 5.56 Å². The van der Waals surface area contributed by atoms with Gasteiger partial charge < -0.3 is 14.8 Å². The topological polar surface area (TPSA) is 71.4 Å². The molecule has 2 amide bonds. The Balaban J connectivity index is 1.77. The lowest BCUT2D eigenvalue weighted by molar-refractivity contribution is -0.111. The van der Waals surface area contributed by atoms with E-state index in [1.807, 2.05) is 30.3 Å². The first-order valence-electron chi connectivity index (χ1n) is 9.08. The van der Waals surface area contributed by atoms with E-state index < -0.39 is 5.91 Å². The quantitative estimate of drug-likeness (QED) is 0.847. The number of piperidine rings is 1. The molecular formula is C21H23N3O3. The van der Waals surface area contributed by atoms with Gasteiger partial charge in [-0.25, -0.2) is 0 Å². The molecule has 1 aliphatic rings. The maximum atomic E-state index is 12.7. The van der Waals surface area contributed by atoms with Crippen molar-refractivity contribution in [2.75, 3.05) is 18.4 Å². The zero-order valence-electron chi connectivity index (χ0n) is 15.4. The number of carbonyl (C=O) groups excluding carboxylic acids is 2. The Morgan fingerprint density at radius 2 is 1.78 bits per heavy atom. The number of rotatable bonds is 4. The van der Waals surface area contributed by atoms with Crippen LogP contribution in [0, 0.1) is 0 Å². The first-order chi connectivity index (χ1) is 13.0. The molecule has 0 radical (unpaired) electrons. The second kappa shape index (κ2) is 8.49. The lowest BCUT2D eigenvalue weighted by Crippen LogP contribution is -2.36. The number of pyridine rings is 1. The molecule has 0 unspecified atom stereocenters. The summed E-state index contributed by atoms with van der Waals surface area (Å²) < 4.78 is 1.33. The molecule has 1 aliphatic heterocycles. The minimum absolute atomic E-state index is 0.100. The first kappa shape index (κ1) is 18.6. The lowest BCUT2D eigenvalue weighted by atomic mass is 10.1. The van der Waals surface area contributed by atoms with Crippen molar-refractivity contribution in [1.29, 1.82) is 0 Å². The Morgan fingerprint density at radius 1 is 1.07 bits per heavy atom. The molecular weight excluding hydrogens is 342 g/mol. The number of likely N-dealkylation sites (tertiary alicyclic amines) is 1. The Bertz CT molecular complexity index is 910. The zero-order chi connectivity index (χ0) is 19.2. The fourth-order valence-corrected chi connectivity index (χ4v) is 3.11. The highest BCUT2D eigenvalue weighted by atomic mass is 16.2. The fraction of sp³-hybridized carbons (Fsp3) is 0.286. The molecule has 1 aromatic carbocycles. The number of aryl methyl sites for hydroxylation is 1. The lowest BCUT2D eigenvalue weighted by Gasteiger charge is -2.27. The van der Waals surface area contributed by atoms with E-state index in [2.05, 4.69) is 5.32 Å². The Kier molecular flexibility index (Phi) is 5.86. The van der Waals surface area contributed by atoms with Gasteiger partial charge in [-0.3, -0.25) is 14.4 Å². The summed E-state index contributed by atoms with van der Waals surface area (Å²) in [6.45, 7) is 1.45. The van der Waals surface area contributed by atoms with Crippen LogP contribution in [-0.4, -0.2) is 34.4 Å².